The molecule has 0 bridgehead atoms. The predicted octanol–water partition coefficient (Wildman–Crippen LogP) is 3.50. The monoisotopic (exact) mass is 352 g/mol. The summed E-state index contributed by atoms with van der Waals surface area (Å²) in [6.45, 7) is 9.83. The minimum atomic E-state index is 0.0207. The van der Waals surface area contributed by atoms with Crippen LogP contribution in [0.5, 0.6) is 0 Å². The molecule has 2 heterocycles. The zero-order valence-electron chi connectivity index (χ0n) is 16.1. The Labute approximate surface area is 155 Å². The van der Waals surface area contributed by atoms with Crippen molar-refractivity contribution in [3.63, 3.8) is 0 Å². The highest BCUT2D eigenvalue weighted by Crippen LogP contribution is 2.24. The molecule has 1 aromatic carbocycles. The van der Waals surface area contributed by atoms with Gasteiger partial charge in [0, 0.05) is 24.7 Å². The van der Waals surface area contributed by atoms with E-state index in [9.17, 15) is 4.79 Å². The molecular weight excluding hydrogens is 324 g/mol. The standard InChI is InChI=1S/C21H28N4O/c1-14(2)22-21(26)18-6-5-11-25(13-18)20-10-9-19(23-24-20)17-8-7-15(3)16(4)12-17/h7-10,12,14,18H,5-6,11,13H2,1-4H3,(H,22,26)/t18-/m1/s1. The molecule has 1 amide bonds. The highest BCUT2D eigenvalue weighted by atomic mass is 16.2. The molecule has 0 aliphatic carbocycles. The smallest absolute Gasteiger partial charge is 0.225 e. The molecule has 1 saturated heterocycles. The second-order valence-corrected chi connectivity index (χ2v) is 7.52. The van der Waals surface area contributed by atoms with Crippen LogP contribution in [0.2, 0.25) is 0 Å². The number of piperidine rings is 1. The molecule has 1 atom stereocenters. The summed E-state index contributed by atoms with van der Waals surface area (Å²) < 4.78 is 0. The van der Waals surface area contributed by atoms with Gasteiger partial charge in [-0.25, -0.2) is 0 Å². The van der Waals surface area contributed by atoms with E-state index < -0.39 is 0 Å². The lowest BCUT2D eigenvalue weighted by molar-refractivity contribution is -0.125. The average molecular weight is 352 g/mol. The highest BCUT2D eigenvalue weighted by Gasteiger charge is 2.27. The van der Waals surface area contributed by atoms with Crippen LogP contribution < -0.4 is 10.2 Å². The van der Waals surface area contributed by atoms with Gasteiger partial charge in [-0.15, -0.1) is 10.2 Å². The lowest BCUT2D eigenvalue weighted by atomic mass is 9.97. The predicted molar refractivity (Wildman–Crippen MR) is 105 cm³/mol. The number of hydrogen-bond donors (Lipinski definition) is 1. The zero-order chi connectivity index (χ0) is 18.7. The summed E-state index contributed by atoms with van der Waals surface area (Å²) in [4.78, 5) is 14.5. The van der Waals surface area contributed by atoms with Gasteiger partial charge in [-0.3, -0.25) is 4.79 Å². The Bertz CT molecular complexity index is 770. The Morgan fingerprint density at radius 2 is 1.96 bits per heavy atom. The van der Waals surface area contributed by atoms with Crippen LogP contribution in [0.25, 0.3) is 11.3 Å². The zero-order valence-corrected chi connectivity index (χ0v) is 16.1. The van der Waals surface area contributed by atoms with Crippen molar-refractivity contribution >= 4 is 11.7 Å². The fraction of sp³-hybridized carbons (Fsp3) is 0.476. The molecule has 0 radical (unpaired) electrons. The van der Waals surface area contributed by atoms with Gasteiger partial charge in [0.1, 0.15) is 0 Å². The summed E-state index contributed by atoms with van der Waals surface area (Å²) in [5, 5.41) is 11.9. The lowest BCUT2D eigenvalue weighted by Gasteiger charge is -2.33. The van der Waals surface area contributed by atoms with Crippen molar-refractivity contribution < 1.29 is 4.79 Å². The van der Waals surface area contributed by atoms with Crippen LogP contribution >= 0.6 is 0 Å². The third kappa shape index (κ3) is 4.21. The Hall–Kier alpha value is -2.43. The Kier molecular flexibility index (Phi) is 5.55. The summed E-state index contributed by atoms with van der Waals surface area (Å²) >= 11 is 0. The molecule has 0 spiro atoms. The normalized spacial score (nSPS) is 17.4. The maximum atomic E-state index is 12.3. The molecule has 2 aromatic rings. The van der Waals surface area contributed by atoms with Crippen molar-refractivity contribution in [3.8, 4) is 11.3 Å². The molecule has 3 rings (SSSR count). The van der Waals surface area contributed by atoms with Gasteiger partial charge in [0.2, 0.25) is 5.91 Å². The Morgan fingerprint density at radius 3 is 2.62 bits per heavy atom. The SMILES string of the molecule is Cc1ccc(-c2ccc(N3CCC[C@@H](C(=O)NC(C)C)C3)nn2)cc1C. The van der Waals surface area contributed by atoms with Gasteiger partial charge in [-0.1, -0.05) is 12.1 Å². The van der Waals surface area contributed by atoms with Crippen LogP contribution in [0.15, 0.2) is 30.3 Å². The van der Waals surface area contributed by atoms with Crippen LogP contribution in [0.3, 0.4) is 0 Å². The number of benzene rings is 1. The summed E-state index contributed by atoms with van der Waals surface area (Å²) in [5.41, 5.74) is 4.49. The van der Waals surface area contributed by atoms with E-state index in [1.807, 2.05) is 26.0 Å². The number of aryl methyl sites for hydroxylation is 2. The van der Waals surface area contributed by atoms with E-state index >= 15 is 0 Å². The molecule has 5 nitrogen and oxygen atoms in total. The van der Waals surface area contributed by atoms with Gasteiger partial charge in [-0.05, 0) is 69.9 Å². The van der Waals surface area contributed by atoms with Gasteiger partial charge in [-0.2, -0.15) is 0 Å². The van der Waals surface area contributed by atoms with Crippen molar-refractivity contribution in [1.29, 1.82) is 0 Å². The molecule has 5 heteroatoms. The fourth-order valence-corrected chi connectivity index (χ4v) is 3.35. The number of amides is 1. The summed E-state index contributed by atoms with van der Waals surface area (Å²) in [6, 6.07) is 10.5. The molecule has 26 heavy (non-hydrogen) atoms. The number of aromatic nitrogens is 2. The van der Waals surface area contributed by atoms with E-state index in [-0.39, 0.29) is 17.9 Å². The van der Waals surface area contributed by atoms with Crippen LogP contribution in [0, 0.1) is 19.8 Å². The molecule has 0 unspecified atom stereocenters. The molecule has 1 aliphatic heterocycles. The minimum Gasteiger partial charge on any atom is -0.354 e. The Balaban J connectivity index is 1.71. The summed E-state index contributed by atoms with van der Waals surface area (Å²) in [6.07, 6.45) is 1.93. The van der Waals surface area contributed by atoms with Crippen LogP contribution in [-0.2, 0) is 4.79 Å². The first-order chi connectivity index (χ1) is 12.4. The first-order valence-electron chi connectivity index (χ1n) is 9.40. The lowest BCUT2D eigenvalue weighted by Crippen LogP contribution is -2.45. The van der Waals surface area contributed by atoms with E-state index in [0.717, 1.165) is 36.5 Å². The van der Waals surface area contributed by atoms with Gasteiger partial charge in [0.15, 0.2) is 5.82 Å². The first kappa shape index (κ1) is 18.4. The molecule has 1 N–H and O–H groups in total. The van der Waals surface area contributed by atoms with E-state index in [1.54, 1.807) is 0 Å². The van der Waals surface area contributed by atoms with Crippen molar-refractivity contribution in [2.45, 2.75) is 46.6 Å². The maximum Gasteiger partial charge on any atom is 0.225 e. The molecule has 1 fully saturated rings. The third-order valence-corrected chi connectivity index (χ3v) is 5.00. The van der Waals surface area contributed by atoms with Gasteiger partial charge in [0.25, 0.3) is 0 Å². The van der Waals surface area contributed by atoms with Crippen molar-refractivity contribution in [2.75, 3.05) is 18.0 Å². The van der Waals surface area contributed by atoms with Crippen molar-refractivity contribution in [2.24, 2.45) is 5.92 Å². The number of anilines is 1. The number of carbonyl (C=O) groups is 1. The number of hydrogen-bond acceptors (Lipinski definition) is 4. The van der Waals surface area contributed by atoms with Crippen molar-refractivity contribution in [1.82, 2.24) is 15.5 Å². The minimum absolute atomic E-state index is 0.0207. The molecule has 0 saturated carbocycles. The molecule has 1 aromatic heterocycles. The third-order valence-electron chi connectivity index (χ3n) is 5.00. The summed E-state index contributed by atoms with van der Waals surface area (Å²) in [5.74, 6) is 1.01. The Morgan fingerprint density at radius 1 is 1.15 bits per heavy atom. The van der Waals surface area contributed by atoms with Crippen LogP contribution in [-0.4, -0.2) is 35.2 Å². The maximum absolute atomic E-state index is 12.3. The second-order valence-electron chi connectivity index (χ2n) is 7.52. The van der Waals surface area contributed by atoms with Crippen molar-refractivity contribution in [3.05, 3.63) is 41.5 Å². The largest absolute Gasteiger partial charge is 0.354 e. The number of rotatable bonds is 4. The quantitative estimate of drug-likeness (QED) is 0.915. The highest BCUT2D eigenvalue weighted by molar-refractivity contribution is 5.79. The van der Waals surface area contributed by atoms with E-state index in [4.69, 9.17) is 0 Å². The number of nitrogens with one attached hydrogen (secondary N) is 1. The van der Waals surface area contributed by atoms with E-state index in [2.05, 4.69) is 52.5 Å². The van der Waals surface area contributed by atoms with E-state index in [0.29, 0.717) is 6.54 Å². The number of carbonyl (C=O) groups excluding carboxylic acids is 1. The van der Waals surface area contributed by atoms with Gasteiger partial charge < -0.3 is 10.2 Å². The number of nitrogens with zero attached hydrogens (tertiary/aromatic N) is 3. The van der Waals surface area contributed by atoms with Gasteiger partial charge >= 0.3 is 0 Å². The summed E-state index contributed by atoms with van der Waals surface area (Å²) in [7, 11) is 0. The first-order valence-corrected chi connectivity index (χ1v) is 9.40. The van der Waals surface area contributed by atoms with Gasteiger partial charge in [0.05, 0.1) is 11.6 Å². The topological polar surface area (TPSA) is 58.1 Å². The van der Waals surface area contributed by atoms with E-state index in [1.165, 1.54) is 11.1 Å². The average Bonchev–Trinajstić information content (AvgIpc) is 2.64. The molecule has 1 aliphatic rings. The molecule has 138 valence electrons. The molecular formula is C21H28N4O. The fourth-order valence-electron chi connectivity index (χ4n) is 3.35. The van der Waals surface area contributed by atoms with Crippen LogP contribution in [0.4, 0.5) is 5.82 Å². The van der Waals surface area contributed by atoms with Crippen LogP contribution in [0.1, 0.15) is 37.8 Å². The second kappa shape index (κ2) is 7.85.